The summed E-state index contributed by atoms with van der Waals surface area (Å²) in [6.07, 6.45) is 5.07. The summed E-state index contributed by atoms with van der Waals surface area (Å²) >= 11 is 0. The van der Waals surface area contributed by atoms with Crippen molar-refractivity contribution in [3.8, 4) is 5.75 Å². The molecule has 1 unspecified atom stereocenters. The van der Waals surface area contributed by atoms with Gasteiger partial charge in [-0.25, -0.2) is 0 Å². The van der Waals surface area contributed by atoms with Crippen LogP contribution >= 0.6 is 24.0 Å². The molecular formula is C22H38IN5O. The van der Waals surface area contributed by atoms with Gasteiger partial charge in [0.1, 0.15) is 5.75 Å². The number of hydrogen-bond acceptors (Lipinski definition) is 4. The molecule has 0 amide bonds. The first-order valence-electron chi connectivity index (χ1n) is 10.7. The summed E-state index contributed by atoms with van der Waals surface area (Å²) in [7, 11) is 5.83. The van der Waals surface area contributed by atoms with E-state index in [9.17, 15) is 0 Å². The molecule has 2 saturated heterocycles. The van der Waals surface area contributed by atoms with Crippen LogP contribution in [0.1, 0.15) is 37.3 Å². The van der Waals surface area contributed by atoms with Crippen molar-refractivity contribution in [3.05, 3.63) is 29.8 Å². The summed E-state index contributed by atoms with van der Waals surface area (Å²) in [5.74, 6) is 2.60. The van der Waals surface area contributed by atoms with E-state index in [1.165, 1.54) is 44.3 Å². The summed E-state index contributed by atoms with van der Waals surface area (Å²) in [6, 6.07) is 8.69. The highest BCUT2D eigenvalue weighted by Gasteiger charge is 2.26. The molecule has 2 fully saturated rings. The van der Waals surface area contributed by atoms with E-state index in [1.54, 1.807) is 7.11 Å². The largest absolute Gasteiger partial charge is 0.496 e. The summed E-state index contributed by atoms with van der Waals surface area (Å²) in [5, 5.41) is 7.13. The summed E-state index contributed by atoms with van der Waals surface area (Å²) in [5.41, 5.74) is 1.25. The Labute approximate surface area is 193 Å². The number of piperidine rings is 1. The van der Waals surface area contributed by atoms with E-state index in [2.05, 4.69) is 50.7 Å². The van der Waals surface area contributed by atoms with Crippen LogP contribution in [-0.4, -0.2) is 76.2 Å². The molecule has 0 aliphatic carbocycles. The van der Waals surface area contributed by atoms with Crippen molar-refractivity contribution in [1.82, 2.24) is 20.4 Å². The number of benzene rings is 1. The van der Waals surface area contributed by atoms with Gasteiger partial charge in [-0.15, -0.1) is 24.0 Å². The van der Waals surface area contributed by atoms with E-state index in [0.29, 0.717) is 6.04 Å². The third kappa shape index (κ3) is 7.00. The number of nitrogens with zero attached hydrogens (tertiary/aromatic N) is 3. The van der Waals surface area contributed by atoms with Gasteiger partial charge in [0.25, 0.3) is 0 Å². The molecular weight excluding hydrogens is 477 g/mol. The number of methoxy groups -OCH3 is 1. The predicted molar refractivity (Wildman–Crippen MR) is 132 cm³/mol. The summed E-state index contributed by atoms with van der Waals surface area (Å²) in [4.78, 5) is 9.44. The Balaban J connectivity index is 0.00000300. The number of ether oxygens (including phenoxy) is 1. The third-order valence-electron chi connectivity index (χ3n) is 6.16. The second-order valence-electron chi connectivity index (χ2n) is 8.08. The predicted octanol–water partition coefficient (Wildman–Crippen LogP) is 2.96. The topological polar surface area (TPSA) is 52.1 Å². The molecule has 2 aliphatic heterocycles. The molecule has 164 valence electrons. The van der Waals surface area contributed by atoms with Crippen LogP contribution in [-0.2, 0) is 0 Å². The monoisotopic (exact) mass is 515 g/mol. The van der Waals surface area contributed by atoms with Gasteiger partial charge in [0.2, 0.25) is 0 Å². The lowest BCUT2D eigenvalue weighted by atomic mass is 9.97. The second-order valence-corrected chi connectivity index (χ2v) is 8.08. The number of halogens is 1. The fourth-order valence-electron chi connectivity index (χ4n) is 4.35. The lowest BCUT2D eigenvalue weighted by molar-refractivity contribution is 0.219. The van der Waals surface area contributed by atoms with Crippen molar-refractivity contribution in [2.75, 3.05) is 60.5 Å². The highest BCUT2D eigenvalue weighted by atomic mass is 127. The molecule has 1 aromatic rings. The minimum atomic E-state index is 0. The van der Waals surface area contributed by atoms with Crippen molar-refractivity contribution in [2.24, 2.45) is 10.9 Å². The zero-order valence-corrected chi connectivity index (χ0v) is 20.5. The molecule has 7 heteroatoms. The molecule has 29 heavy (non-hydrogen) atoms. The van der Waals surface area contributed by atoms with Gasteiger partial charge in [-0.2, -0.15) is 0 Å². The number of aliphatic imine (C=N–C) groups is 1. The van der Waals surface area contributed by atoms with Gasteiger partial charge in [0, 0.05) is 25.7 Å². The van der Waals surface area contributed by atoms with Crippen molar-refractivity contribution in [2.45, 2.75) is 31.7 Å². The highest BCUT2D eigenvalue weighted by molar-refractivity contribution is 14.0. The van der Waals surface area contributed by atoms with Crippen molar-refractivity contribution in [1.29, 1.82) is 0 Å². The van der Waals surface area contributed by atoms with Gasteiger partial charge in [-0.05, 0) is 70.9 Å². The fourth-order valence-corrected chi connectivity index (χ4v) is 4.35. The van der Waals surface area contributed by atoms with E-state index >= 15 is 0 Å². The first-order chi connectivity index (χ1) is 13.7. The van der Waals surface area contributed by atoms with Gasteiger partial charge in [-0.1, -0.05) is 18.2 Å². The molecule has 0 saturated carbocycles. The van der Waals surface area contributed by atoms with Crippen LogP contribution < -0.4 is 15.4 Å². The minimum Gasteiger partial charge on any atom is -0.496 e. The van der Waals surface area contributed by atoms with Crippen LogP contribution in [0.2, 0.25) is 0 Å². The van der Waals surface area contributed by atoms with Crippen molar-refractivity contribution in [3.63, 3.8) is 0 Å². The molecule has 3 rings (SSSR count). The second kappa shape index (κ2) is 12.6. The smallest absolute Gasteiger partial charge is 0.191 e. The number of nitrogens with one attached hydrogen (secondary N) is 2. The zero-order valence-electron chi connectivity index (χ0n) is 18.2. The van der Waals surface area contributed by atoms with Gasteiger partial charge in [-0.3, -0.25) is 9.89 Å². The van der Waals surface area contributed by atoms with Gasteiger partial charge < -0.3 is 20.3 Å². The Morgan fingerprint density at radius 1 is 1.14 bits per heavy atom. The number of rotatable bonds is 7. The van der Waals surface area contributed by atoms with E-state index in [0.717, 1.165) is 43.8 Å². The van der Waals surface area contributed by atoms with Crippen LogP contribution in [0.3, 0.4) is 0 Å². The lowest BCUT2D eigenvalue weighted by Gasteiger charge is -2.31. The third-order valence-corrected chi connectivity index (χ3v) is 6.16. The normalized spacial score (nSPS) is 20.2. The molecule has 2 aliphatic rings. The van der Waals surface area contributed by atoms with Crippen molar-refractivity contribution < 1.29 is 4.74 Å². The Hall–Kier alpha value is -1.06. The quantitative estimate of drug-likeness (QED) is 0.333. The van der Waals surface area contributed by atoms with E-state index in [-0.39, 0.29) is 24.0 Å². The van der Waals surface area contributed by atoms with Crippen molar-refractivity contribution >= 4 is 29.9 Å². The molecule has 0 spiro atoms. The molecule has 2 N–H and O–H groups in total. The molecule has 2 heterocycles. The molecule has 1 atom stereocenters. The van der Waals surface area contributed by atoms with Gasteiger partial charge in [0.05, 0.1) is 13.2 Å². The average molecular weight is 515 g/mol. The Bertz CT molecular complexity index is 627. The fraction of sp³-hybridized carbons (Fsp3) is 0.682. The molecule has 0 radical (unpaired) electrons. The zero-order chi connectivity index (χ0) is 19.8. The Morgan fingerprint density at radius 3 is 2.48 bits per heavy atom. The van der Waals surface area contributed by atoms with Crippen LogP contribution in [0.25, 0.3) is 0 Å². The van der Waals surface area contributed by atoms with Crippen LogP contribution in [0.15, 0.2) is 29.3 Å². The number of likely N-dealkylation sites (tertiary alicyclic amines) is 2. The Morgan fingerprint density at radius 2 is 1.83 bits per heavy atom. The maximum atomic E-state index is 5.65. The molecule has 6 nitrogen and oxygen atoms in total. The van der Waals surface area contributed by atoms with Crippen LogP contribution in [0, 0.1) is 5.92 Å². The van der Waals surface area contributed by atoms with Crippen LogP contribution in [0.5, 0.6) is 5.75 Å². The average Bonchev–Trinajstić information content (AvgIpc) is 3.26. The minimum absolute atomic E-state index is 0. The number of hydrogen-bond donors (Lipinski definition) is 2. The van der Waals surface area contributed by atoms with Gasteiger partial charge in [0.15, 0.2) is 5.96 Å². The van der Waals surface area contributed by atoms with Crippen LogP contribution in [0.4, 0.5) is 0 Å². The summed E-state index contributed by atoms with van der Waals surface area (Å²) < 4.78 is 5.65. The Kier molecular flexibility index (Phi) is 10.5. The highest BCUT2D eigenvalue weighted by Crippen LogP contribution is 2.31. The molecule has 0 bridgehead atoms. The SMILES string of the molecule is CN=C(NCC1CCN(C)CC1)NCC(c1ccccc1OC)N1CCCC1.I. The van der Waals surface area contributed by atoms with E-state index in [1.807, 2.05) is 13.1 Å². The first-order valence-corrected chi connectivity index (χ1v) is 10.7. The maximum absolute atomic E-state index is 5.65. The molecule has 1 aromatic carbocycles. The maximum Gasteiger partial charge on any atom is 0.191 e. The first kappa shape index (κ1) is 24.2. The van der Waals surface area contributed by atoms with Gasteiger partial charge >= 0.3 is 0 Å². The molecule has 0 aromatic heterocycles. The van der Waals surface area contributed by atoms with E-state index < -0.39 is 0 Å². The standard InChI is InChI=1S/C22H37N5O.HI/c1-23-22(24-16-18-10-14-26(2)15-11-18)25-17-20(27-12-6-7-13-27)19-8-4-5-9-21(19)28-3;/h4-5,8-9,18,20H,6-7,10-17H2,1-3H3,(H2,23,24,25);1H. The summed E-state index contributed by atoms with van der Waals surface area (Å²) in [6.45, 7) is 6.51. The number of guanidine groups is 1. The van der Waals surface area contributed by atoms with E-state index in [4.69, 9.17) is 4.74 Å². The number of para-hydroxylation sites is 1. The lowest BCUT2D eigenvalue weighted by Crippen LogP contribution is -2.45.